The summed E-state index contributed by atoms with van der Waals surface area (Å²) in [5, 5.41) is 0. The molecule has 4 aromatic rings. The van der Waals surface area contributed by atoms with E-state index in [9.17, 15) is 0 Å². The average Bonchev–Trinajstić information content (AvgIpc) is 3.05. The summed E-state index contributed by atoms with van der Waals surface area (Å²) < 4.78 is 1.26. The fourth-order valence-electron chi connectivity index (χ4n) is 3.81. The molecule has 44 heavy (non-hydrogen) atoms. The lowest BCUT2D eigenvalue weighted by atomic mass is 10.2. The van der Waals surface area contributed by atoms with Gasteiger partial charge in [0.1, 0.15) is 8.64 Å². The lowest BCUT2D eigenvalue weighted by Crippen LogP contribution is -2.24. The van der Waals surface area contributed by atoms with Crippen LogP contribution in [0.3, 0.4) is 0 Å². The van der Waals surface area contributed by atoms with Crippen LogP contribution < -0.4 is 11.5 Å². The minimum atomic E-state index is 0.628. The van der Waals surface area contributed by atoms with Crippen molar-refractivity contribution in [3.8, 4) is 0 Å². The largest absolute Gasteiger partial charge is 0.349 e. The zero-order valence-electron chi connectivity index (χ0n) is 24.8. The minimum absolute atomic E-state index is 0.628. The quantitative estimate of drug-likeness (QED) is 0.0484. The van der Waals surface area contributed by atoms with Crippen LogP contribution in [0.4, 0.5) is 0 Å². The summed E-state index contributed by atoms with van der Waals surface area (Å²) >= 11 is 19.0. The van der Waals surface area contributed by atoms with E-state index in [0.29, 0.717) is 8.64 Å². The van der Waals surface area contributed by atoms with E-state index in [2.05, 4.69) is 83.6 Å². The highest BCUT2D eigenvalue weighted by molar-refractivity contribution is 8.76. The van der Waals surface area contributed by atoms with Crippen molar-refractivity contribution in [1.29, 1.82) is 0 Å². The van der Waals surface area contributed by atoms with Crippen LogP contribution in [0.5, 0.6) is 0 Å². The van der Waals surface area contributed by atoms with Crippen molar-refractivity contribution in [2.75, 3.05) is 24.6 Å². The maximum atomic E-state index is 5.25. The molecular formula is C34H42N4S6. The number of nitrogens with zero attached hydrogens (tertiary/aromatic N) is 2. The highest BCUT2D eigenvalue weighted by Gasteiger charge is 2.09. The summed E-state index contributed by atoms with van der Waals surface area (Å²) in [5.41, 5.74) is 15.5. The van der Waals surface area contributed by atoms with Gasteiger partial charge >= 0.3 is 0 Å². The third-order valence-corrected chi connectivity index (χ3v) is 9.45. The zero-order chi connectivity index (χ0) is 31.8. The molecule has 4 nitrogen and oxygen atoms in total. The number of hydrogen-bond donors (Lipinski definition) is 4. The van der Waals surface area contributed by atoms with Crippen molar-refractivity contribution in [2.24, 2.45) is 11.5 Å². The first-order chi connectivity index (χ1) is 21.4. The Morgan fingerprint density at radius 3 is 0.886 bits per heavy atom. The Kier molecular flexibility index (Phi) is 21.0. The number of thiocarbonyl (C=S) groups is 2. The van der Waals surface area contributed by atoms with Gasteiger partial charge in [0.25, 0.3) is 0 Å². The SMILES string of the molecule is NCCSSCCN.S=C(S)N(Cc1ccccc1)Cc1ccccc1.S=C(S)N(Cc1ccccc1)Cc1ccccc1. The second-order valence-electron chi connectivity index (χ2n) is 9.44. The molecule has 0 aliphatic carbocycles. The number of nitrogens with two attached hydrogens (primary N) is 2. The molecule has 0 unspecified atom stereocenters. The van der Waals surface area contributed by atoms with Crippen molar-refractivity contribution in [3.63, 3.8) is 0 Å². The molecule has 0 saturated heterocycles. The van der Waals surface area contributed by atoms with Crippen LogP contribution >= 0.6 is 71.3 Å². The van der Waals surface area contributed by atoms with E-state index < -0.39 is 0 Å². The number of thiol groups is 2. The summed E-state index contributed by atoms with van der Waals surface area (Å²) in [7, 11) is 3.58. The third-order valence-electron chi connectivity index (χ3n) is 5.89. The van der Waals surface area contributed by atoms with Gasteiger partial charge < -0.3 is 21.3 Å². The van der Waals surface area contributed by atoms with Gasteiger partial charge in [0, 0.05) is 50.8 Å². The Labute approximate surface area is 293 Å². The highest BCUT2D eigenvalue weighted by atomic mass is 33.1. The van der Waals surface area contributed by atoms with Crippen LogP contribution in [0.25, 0.3) is 0 Å². The van der Waals surface area contributed by atoms with E-state index in [1.807, 2.05) is 72.8 Å². The number of hydrogen-bond acceptors (Lipinski definition) is 6. The van der Waals surface area contributed by atoms with E-state index in [-0.39, 0.29) is 0 Å². The lowest BCUT2D eigenvalue weighted by molar-refractivity contribution is 0.422. The lowest BCUT2D eigenvalue weighted by Gasteiger charge is -2.22. The molecule has 0 aliphatic heterocycles. The number of rotatable bonds is 13. The topological polar surface area (TPSA) is 58.5 Å². The molecule has 0 atom stereocenters. The van der Waals surface area contributed by atoms with Gasteiger partial charge in [-0.1, -0.05) is 167 Å². The summed E-state index contributed by atoms with van der Waals surface area (Å²) in [5.74, 6) is 2.06. The van der Waals surface area contributed by atoms with Gasteiger partial charge in [0.15, 0.2) is 0 Å². The third kappa shape index (κ3) is 17.5. The van der Waals surface area contributed by atoms with Gasteiger partial charge in [-0.25, -0.2) is 0 Å². The molecule has 0 amide bonds. The van der Waals surface area contributed by atoms with E-state index in [0.717, 1.165) is 50.8 Å². The maximum absolute atomic E-state index is 5.25. The summed E-state index contributed by atoms with van der Waals surface area (Å²) in [6.07, 6.45) is 0. The second-order valence-corrected chi connectivity index (χ2v) is 14.4. The molecule has 0 radical (unpaired) electrons. The van der Waals surface area contributed by atoms with Crippen LogP contribution in [0.15, 0.2) is 121 Å². The van der Waals surface area contributed by atoms with Gasteiger partial charge in [-0.3, -0.25) is 0 Å². The highest BCUT2D eigenvalue weighted by Crippen LogP contribution is 2.18. The Balaban J connectivity index is 0.000000248. The first-order valence-corrected chi connectivity index (χ1v) is 18.4. The van der Waals surface area contributed by atoms with E-state index >= 15 is 0 Å². The standard InChI is InChI=1S/2C15H15NS2.C4H12N2S2/c2*17-15(18)16(11-13-7-3-1-4-8-13)12-14-9-5-2-6-10-14;5-1-3-7-8-4-2-6/h2*1-10H,11-12H2,(H,17,18);1-6H2. The van der Waals surface area contributed by atoms with E-state index in [1.165, 1.54) is 22.3 Å². The van der Waals surface area contributed by atoms with Gasteiger partial charge in [0.2, 0.25) is 0 Å². The van der Waals surface area contributed by atoms with Crippen LogP contribution in [-0.4, -0.2) is 43.0 Å². The second kappa shape index (κ2) is 24.2. The van der Waals surface area contributed by atoms with Gasteiger partial charge in [-0.05, 0) is 22.3 Å². The molecule has 4 rings (SSSR count). The van der Waals surface area contributed by atoms with Crippen molar-refractivity contribution in [3.05, 3.63) is 144 Å². The van der Waals surface area contributed by atoms with E-state index in [1.54, 1.807) is 21.6 Å². The van der Waals surface area contributed by atoms with Crippen LogP contribution in [0, 0.1) is 0 Å². The van der Waals surface area contributed by atoms with Crippen LogP contribution in [-0.2, 0) is 26.2 Å². The van der Waals surface area contributed by atoms with Gasteiger partial charge in [0.05, 0.1) is 0 Å². The molecule has 0 heterocycles. The summed E-state index contributed by atoms with van der Waals surface area (Å²) in [4.78, 5) is 4.17. The molecule has 4 N–H and O–H groups in total. The van der Waals surface area contributed by atoms with Gasteiger partial charge in [-0.2, -0.15) is 0 Å². The normalized spacial score (nSPS) is 10.0. The van der Waals surface area contributed by atoms with Crippen LogP contribution in [0.1, 0.15) is 22.3 Å². The molecule has 0 spiro atoms. The molecule has 234 valence electrons. The Hall–Kier alpha value is -2.02. The van der Waals surface area contributed by atoms with Gasteiger partial charge in [-0.15, -0.1) is 25.3 Å². The van der Waals surface area contributed by atoms with Crippen molar-refractivity contribution < 1.29 is 0 Å². The minimum Gasteiger partial charge on any atom is -0.349 e. The molecule has 0 saturated carbocycles. The Bertz CT molecular complexity index is 1110. The molecule has 10 heteroatoms. The maximum Gasteiger partial charge on any atom is 0.133 e. The Morgan fingerprint density at radius 2 is 0.705 bits per heavy atom. The smallest absolute Gasteiger partial charge is 0.133 e. The fraction of sp³-hybridized carbons (Fsp3) is 0.235. The monoisotopic (exact) mass is 698 g/mol. The van der Waals surface area contributed by atoms with Crippen molar-refractivity contribution in [2.45, 2.75) is 26.2 Å². The predicted molar refractivity (Wildman–Crippen MR) is 210 cm³/mol. The van der Waals surface area contributed by atoms with Crippen molar-refractivity contribution >= 4 is 79.9 Å². The molecule has 0 bridgehead atoms. The van der Waals surface area contributed by atoms with Crippen molar-refractivity contribution in [1.82, 2.24) is 9.80 Å². The Morgan fingerprint density at radius 1 is 0.477 bits per heavy atom. The summed E-state index contributed by atoms with van der Waals surface area (Å²) in [6.45, 7) is 4.69. The zero-order valence-corrected chi connectivity index (χ0v) is 29.8. The fourth-order valence-corrected chi connectivity index (χ4v) is 6.07. The molecular weight excluding hydrogens is 657 g/mol. The average molecular weight is 699 g/mol. The molecule has 4 aromatic carbocycles. The molecule has 0 aliphatic rings. The molecule has 0 fully saturated rings. The summed E-state index contributed by atoms with van der Waals surface area (Å²) in [6, 6.07) is 41.2. The number of benzene rings is 4. The van der Waals surface area contributed by atoms with Crippen LogP contribution in [0.2, 0.25) is 0 Å². The first-order valence-electron chi connectivity index (χ1n) is 14.2. The molecule has 0 aromatic heterocycles. The predicted octanol–water partition coefficient (Wildman–Crippen LogP) is 8.09. The van der Waals surface area contributed by atoms with E-state index in [4.69, 9.17) is 35.9 Å². The first kappa shape index (κ1) is 38.2.